The van der Waals surface area contributed by atoms with E-state index in [1.54, 1.807) is 7.11 Å². The molecule has 4 heteroatoms. The van der Waals surface area contributed by atoms with Gasteiger partial charge >= 0.3 is 0 Å². The van der Waals surface area contributed by atoms with Crippen molar-refractivity contribution >= 4 is 29.4 Å². The predicted molar refractivity (Wildman–Crippen MR) is 96.1 cm³/mol. The maximum atomic E-state index is 5.31. The molecule has 3 rings (SSSR count). The quantitative estimate of drug-likeness (QED) is 0.721. The summed E-state index contributed by atoms with van der Waals surface area (Å²) in [6.45, 7) is 6.15. The van der Waals surface area contributed by atoms with Crippen molar-refractivity contribution in [1.82, 2.24) is 9.97 Å². The number of fused-ring (bicyclic) bond motifs is 1. The fourth-order valence-corrected chi connectivity index (χ4v) is 2.61. The predicted octanol–water partition coefficient (Wildman–Crippen LogP) is 4.12. The first-order chi connectivity index (χ1) is 11.2. The van der Waals surface area contributed by atoms with Crippen molar-refractivity contribution in [3.05, 3.63) is 59.4 Å². The third-order valence-electron chi connectivity index (χ3n) is 3.74. The van der Waals surface area contributed by atoms with Crippen molar-refractivity contribution < 1.29 is 4.74 Å². The van der Waals surface area contributed by atoms with Crippen molar-refractivity contribution in [3.63, 3.8) is 0 Å². The second-order valence-corrected chi connectivity index (χ2v) is 5.38. The number of hydrogen-bond donors (Lipinski definition) is 1. The van der Waals surface area contributed by atoms with Gasteiger partial charge in [-0.15, -0.1) is 0 Å². The number of methoxy groups -OCH3 is 1. The molecule has 0 saturated carbocycles. The zero-order chi connectivity index (χ0) is 16.2. The number of nitrogens with one attached hydrogen (secondary N) is 1. The fourth-order valence-electron chi connectivity index (χ4n) is 2.61. The molecule has 0 bridgehead atoms. The number of aliphatic imine (C=N–C) groups is 1. The van der Waals surface area contributed by atoms with E-state index in [1.807, 2.05) is 43.3 Å². The lowest BCUT2D eigenvalue weighted by atomic mass is 10.1. The standard InChI is InChI=1S/C19H19N3O/c1-13-10-14(8-9-18(13)23-3)11-15(12-20-2)19-21-16-6-4-5-7-17(16)22-19/h4-11H,2,12H2,1,3H3,(H,21,22). The Hall–Kier alpha value is -2.88. The number of nitrogens with zero attached hydrogens (tertiary/aromatic N) is 2. The summed E-state index contributed by atoms with van der Waals surface area (Å²) in [5.74, 6) is 1.71. The van der Waals surface area contributed by atoms with Crippen LogP contribution in [0, 0.1) is 6.92 Å². The van der Waals surface area contributed by atoms with Gasteiger partial charge < -0.3 is 9.72 Å². The summed E-state index contributed by atoms with van der Waals surface area (Å²) in [6, 6.07) is 14.1. The van der Waals surface area contributed by atoms with E-state index in [-0.39, 0.29) is 0 Å². The van der Waals surface area contributed by atoms with Gasteiger partial charge in [-0.1, -0.05) is 18.2 Å². The van der Waals surface area contributed by atoms with E-state index in [0.29, 0.717) is 6.54 Å². The van der Waals surface area contributed by atoms with Crippen LogP contribution in [-0.4, -0.2) is 30.3 Å². The van der Waals surface area contributed by atoms with Crippen molar-refractivity contribution in [1.29, 1.82) is 0 Å². The van der Waals surface area contributed by atoms with E-state index >= 15 is 0 Å². The molecule has 23 heavy (non-hydrogen) atoms. The van der Waals surface area contributed by atoms with E-state index < -0.39 is 0 Å². The van der Waals surface area contributed by atoms with E-state index in [1.165, 1.54) is 0 Å². The Bertz CT molecular complexity index is 844. The monoisotopic (exact) mass is 305 g/mol. The van der Waals surface area contributed by atoms with E-state index in [0.717, 1.165) is 39.3 Å². The Kier molecular flexibility index (Phi) is 4.24. The second kappa shape index (κ2) is 6.48. The summed E-state index contributed by atoms with van der Waals surface area (Å²) in [7, 11) is 1.68. The van der Waals surface area contributed by atoms with Crippen LogP contribution in [0.1, 0.15) is 17.0 Å². The number of ether oxygens (including phenoxy) is 1. The van der Waals surface area contributed by atoms with Crippen LogP contribution in [0.3, 0.4) is 0 Å². The molecule has 0 aliphatic carbocycles. The Labute approximate surface area is 135 Å². The average molecular weight is 305 g/mol. The number of hydrogen-bond acceptors (Lipinski definition) is 3. The molecule has 116 valence electrons. The number of para-hydroxylation sites is 2. The first kappa shape index (κ1) is 15.0. The fraction of sp³-hybridized carbons (Fsp3) is 0.158. The molecule has 0 atom stereocenters. The number of aromatic nitrogens is 2. The van der Waals surface area contributed by atoms with Crippen LogP contribution in [-0.2, 0) is 0 Å². The number of rotatable bonds is 5. The smallest absolute Gasteiger partial charge is 0.136 e. The van der Waals surface area contributed by atoms with E-state index in [2.05, 4.69) is 33.8 Å². The maximum absolute atomic E-state index is 5.31. The SMILES string of the molecule is C=NCC(=Cc1ccc(OC)c(C)c1)c1nc2ccccc2[nH]1. The van der Waals surface area contributed by atoms with Crippen LogP contribution in [0.2, 0.25) is 0 Å². The highest BCUT2D eigenvalue weighted by Gasteiger charge is 2.08. The molecule has 2 aromatic carbocycles. The van der Waals surface area contributed by atoms with Crippen molar-refractivity contribution in [2.75, 3.05) is 13.7 Å². The largest absolute Gasteiger partial charge is 0.496 e. The van der Waals surface area contributed by atoms with Gasteiger partial charge in [0.05, 0.1) is 24.7 Å². The molecular formula is C19H19N3O. The number of aryl methyl sites for hydroxylation is 1. The summed E-state index contributed by atoms with van der Waals surface area (Å²) in [5.41, 5.74) is 5.15. The Morgan fingerprint density at radius 1 is 1.30 bits per heavy atom. The lowest BCUT2D eigenvalue weighted by Crippen LogP contribution is -1.93. The first-order valence-corrected chi connectivity index (χ1v) is 7.44. The number of aromatic amines is 1. The molecule has 0 aliphatic heterocycles. The molecular weight excluding hydrogens is 286 g/mol. The summed E-state index contributed by atoms with van der Waals surface area (Å²) >= 11 is 0. The van der Waals surface area contributed by atoms with Crippen LogP contribution in [0.5, 0.6) is 5.75 Å². The van der Waals surface area contributed by atoms with Gasteiger partial charge in [-0.05, 0) is 55.1 Å². The summed E-state index contributed by atoms with van der Waals surface area (Å²) in [5, 5.41) is 0. The van der Waals surface area contributed by atoms with Gasteiger partial charge in [-0.25, -0.2) is 4.98 Å². The third kappa shape index (κ3) is 3.16. The van der Waals surface area contributed by atoms with Gasteiger partial charge in [-0.2, -0.15) is 0 Å². The highest BCUT2D eigenvalue weighted by Crippen LogP contribution is 2.23. The molecule has 1 N–H and O–H groups in total. The molecule has 0 unspecified atom stereocenters. The average Bonchev–Trinajstić information content (AvgIpc) is 2.98. The summed E-state index contributed by atoms with van der Waals surface area (Å²) < 4.78 is 5.31. The normalized spacial score (nSPS) is 11.7. The van der Waals surface area contributed by atoms with Crippen LogP contribution >= 0.6 is 0 Å². The summed E-state index contributed by atoms with van der Waals surface area (Å²) in [4.78, 5) is 12.0. The van der Waals surface area contributed by atoms with Gasteiger partial charge in [0.1, 0.15) is 11.6 Å². The molecule has 4 nitrogen and oxygen atoms in total. The van der Waals surface area contributed by atoms with E-state index in [4.69, 9.17) is 4.74 Å². The van der Waals surface area contributed by atoms with Crippen molar-refractivity contribution in [2.45, 2.75) is 6.92 Å². The van der Waals surface area contributed by atoms with Gasteiger partial charge in [0, 0.05) is 5.57 Å². The van der Waals surface area contributed by atoms with Gasteiger partial charge in [0.15, 0.2) is 0 Å². The summed E-state index contributed by atoms with van der Waals surface area (Å²) in [6.07, 6.45) is 2.08. The molecule has 0 saturated heterocycles. The molecule has 0 radical (unpaired) electrons. The molecule has 0 spiro atoms. The molecule has 3 aromatic rings. The Morgan fingerprint density at radius 3 is 2.83 bits per heavy atom. The lowest BCUT2D eigenvalue weighted by Gasteiger charge is -2.06. The number of imidazole rings is 1. The minimum absolute atomic E-state index is 0.505. The minimum Gasteiger partial charge on any atom is -0.496 e. The van der Waals surface area contributed by atoms with Gasteiger partial charge in [0.2, 0.25) is 0 Å². The number of benzene rings is 2. The minimum atomic E-state index is 0.505. The molecule has 0 fully saturated rings. The molecule has 0 amide bonds. The highest BCUT2D eigenvalue weighted by molar-refractivity contribution is 5.85. The number of H-pyrrole nitrogens is 1. The Balaban J connectivity index is 2.03. The highest BCUT2D eigenvalue weighted by atomic mass is 16.5. The van der Waals surface area contributed by atoms with Crippen molar-refractivity contribution in [2.24, 2.45) is 4.99 Å². The lowest BCUT2D eigenvalue weighted by molar-refractivity contribution is 0.411. The van der Waals surface area contributed by atoms with Crippen LogP contribution < -0.4 is 4.74 Å². The van der Waals surface area contributed by atoms with E-state index in [9.17, 15) is 0 Å². The topological polar surface area (TPSA) is 50.3 Å². The van der Waals surface area contributed by atoms with Gasteiger partial charge in [-0.3, -0.25) is 4.99 Å². The molecule has 0 aliphatic rings. The van der Waals surface area contributed by atoms with Crippen LogP contribution in [0.15, 0.2) is 47.5 Å². The maximum Gasteiger partial charge on any atom is 0.136 e. The second-order valence-electron chi connectivity index (χ2n) is 5.38. The Morgan fingerprint density at radius 2 is 2.13 bits per heavy atom. The third-order valence-corrected chi connectivity index (χ3v) is 3.74. The van der Waals surface area contributed by atoms with Gasteiger partial charge in [0.25, 0.3) is 0 Å². The zero-order valence-corrected chi connectivity index (χ0v) is 13.3. The van der Waals surface area contributed by atoms with Crippen molar-refractivity contribution in [3.8, 4) is 5.75 Å². The first-order valence-electron chi connectivity index (χ1n) is 7.44. The molecule has 1 aromatic heterocycles. The zero-order valence-electron chi connectivity index (χ0n) is 13.3. The van der Waals surface area contributed by atoms with Crippen LogP contribution in [0.25, 0.3) is 22.7 Å². The van der Waals surface area contributed by atoms with Crippen LogP contribution in [0.4, 0.5) is 0 Å². The molecule has 1 heterocycles.